The summed E-state index contributed by atoms with van der Waals surface area (Å²) in [5.74, 6) is -0.168. The number of amides is 1. The highest BCUT2D eigenvalue weighted by Crippen LogP contribution is 2.20. The maximum absolute atomic E-state index is 12.4. The van der Waals surface area contributed by atoms with Gasteiger partial charge in [0, 0.05) is 26.0 Å². The number of halogens is 1. The first kappa shape index (κ1) is 16.8. The first-order valence-corrected chi connectivity index (χ1v) is 7.12. The quantitative estimate of drug-likeness (QED) is 0.793. The SMILES string of the molecule is CC(=O)N(Oc1ccc(Cl)cc1)c1c(C)n(C)c(=O)n(C)c1=O. The molecule has 0 N–H and O–H groups in total. The largest absolute Gasteiger partial charge is 0.372 e. The topological polar surface area (TPSA) is 73.5 Å². The van der Waals surface area contributed by atoms with Crippen molar-refractivity contribution in [2.75, 3.05) is 5.06 Å². The molecule has 8 heteroatoms. The fourth-order valence-corrected chi connectivity index (χ4v) is 2.16. The molecule has 0 saturated carbocycles. The average molecular weight is 338 g/mol. The molecular weight excluding hydrogens is 322 g/mol. The van der Waals surface area contributed by atoms with Crippen LogP contribution < -0.4 is 21.1 Å². The Bertz CT molecular complexity index is 868. The minimum Gasteiger partial charge on any atom is -0.372 e. The number of hydrogen-bond acceptors (Lipinski definition) is 4. The Labute approximate surface area is 137 Å². The number of aromatic nitrogens is 2. The molecule has 122 valence electrons. The lowest BCUT2D eigenvalue weighted by Gasteiger charge is -2.23. The Balaban J connectivity index is 2.59. The van der Waals surface area contributed by atoms with Crippen LogP contribution in [0.1, 0.15) is 12.6 Å². The minimum atomic E-state index is -0.616. The highest BCUT2D eigenvalue weighted by Gasteiger charge is 2.24. The zero-order valence-electron chi connectivity index (χ0n) is 13.2. The number of hydroxylamine groups is 1. The van der Waals surface area contributed by atoms with Crippen LogP contribution in [0.15, 0.2) is 33.9 Å². The van der Waals surface area contributed by atoms with E-state index in [9.17, 15) is 14.4 Å². The molecule has 0 atom stereocenters. The van der Waals surface area contributed by atoms with Crippen LogP contribution in [0.4, 0.5) is 5.69 Å². The zero-order valence-corrected chi connectivity index (χ0v) is 13.9. The molecule has 23 heavy (non-hydrogen) atoms. The first-order chi connectivity index (χ1) is 10.7. The Morgan fingerprint density at radius 2 is 1.70 bits per heavy atom. The molecular formula is C15H16ClN3O4. The van der Waals surface area contributed by atoms with Crippen molar-refractivity contribution in [3.05, 3.63) is 55.8 Å². The van der Waals surface area contributed by atoms with Crippen LogP contribution in [-0.4, -0.2) is 15.0 Å². The molecule has 0 aliphatic rings. The number of hydrogen-bond donors (Lipinski definition) is 0. The Morgan fingerprint density at radius 3 is 2.22 bits per heavy atom. The summed E-state index contributed by atoms with van der Waals surface area (Å²) in [6.07, 6.45) is 0. The van der Waals surface area contributed by atoms with E-state index < -0.39 is 17.2 Å². The van der Waals surface area contributed by atoms with Gasteiger partial charge in [-0.1, -0.05) is 11.6 Å². The predicted molar refractivity (Wildman–Crippen MR) is 86.9 cm³/mol. The fourth-order valence-electron chi connectivity index (χ4n) is 2.03. The molecule has 0 fully saturated rings. The van der Waals surface area contributed by atoms with Crippen LogP contribution in [-0.2, 0) is 18.9 Å². The number of rotatable bonds is 3. The monoisotopic (exact) mass is 337 g/mol. The minimum absolute atomic E-state index is 0.0166. The number of benzene rings is 1. The van der Waals surface area contributed by atoms with Gasteiger partial charge >= 0.3 is 5.69 Å². The molecule has 0 bridgehead atoms. The van der Waals surface area contributed by atoms with E-state index in [0.29, 0.717) is 16.5 Å². The van der Waals surface area contributed by atoms with Gasteiger partial charge in [0.15, 0.2) is 11.4 Å². The van der Waals surface area contributed by atoms with Crippen molar-refractivity contribution in [3.63, 3.8) is 0 Å². The number of nitrogens with zero attached hydrogens (tertiary/aromatic N) is 3. The third kappa shape index (κ3) is 3.14. The van der Waals surface area contributed by atoms with Crippen LogP contribution in [0.3, 0.4) is 0 Å². The van der Waals surface area contributed by atoms with Gasteiger partial charge < -0.3 is 4.84 Å². The average Bonchev–Trinajstić information content (AvgIpc) is 2.52. The van der Waals surface area contributed by atoms with Crippen molar-refractivity contribution in [1.82, 2.24) is 9.13 Å². The third-order valence-corrected chi connectivity index (χ3v) is 3.68. The lowest BCUT2D eigenvalue weighted by atomic mass is 10.3. The second-order valence-corrected chi connectivity index (χ2v) is 5.43. The molecule has 0 aliphatic carbocycles. The van der Waals surface area contributed by atoms with E-state index in [1.54, 1.807) is 31.2 Å². The summed E-state index contributed by atoms with van der Waals surface area (Å²) < 4.78 is 2.20. The smallest absolute Gasteiger partial charge is 0.330 e. The molecule has 2 rings (SSSR count). The standard InChI is InChI=1S/C15H16ClN3O4/c1-9-13(14(21)18(4)15(22)17(9)3)19(10(2)20)23-12-7-5-11(16)6-8-12/h5-8H,1-4H3. The summed E-state index contributed by atoms with van der Waals surface area (Å²) in [6, 6.07) is 6.34. The maximum Gasteiger partial charge on any atom is 0.330 e. The van der Waals surface area contributed by atoms with Gasteiger partial charge in [0.25, 0.3) is 11.5 Å². The van der Waals surface area contributed by atoms with E-state index in [-0.39, 0.29) is 5.69 Å². The molecule has 1 amide bonds. The van der Waals surface area contributed by atoms with Gasteiger partial charge in [-0.3, -0.25) is 18.7 Å². The Kier molecular flexibility index (Phi) is 4.60. The fraction of sp³-hybridized carbons (Fsp3) is 0.267. The van der Waals surface area contributed by atoms with Gasteiger partial charge in [0.2, 0.25) is 0 Å². The lowest BCUT2D eigenvalue weighted by molar-refractivity contribution is -0.120. The summed E-state index contributed by atoms with van der Waals surface area (Å²) in [6.45, 7) is 2.83. The van der Waals surface area contributed by atoms with Gasteiger partial charge in [-0.25, -0.2) is 4.79 Å². The third-order valence-electron chi connectivity index (χ3n) is 3.43. The van der Waals surface area contributed by atoms with Crippen molar-refractivity contribution in [2.24, 2.45) is 14.1 Å². The first-order valence-electron chi connectivity index (χ1n) is 6.75. The van der Waals surface area contributed by atoms with E-state index in [1.807, 2.05) is 0 Å². The normalized spacial score (nSPS) is 10.5. The molecule has 0 aliphatic heterocycles. The Morgan fingerprint density at radius 1 is 1.13 bits per heavy atom. The van der Waals surface area contributed by atoms with E-state index >= 15 is 0 Å². The summed E-state index contributed by atoms with van der Waals surface area (Å²) in [7, 11) is 2.86. The van der Waals surface area contributed by atoms with Gasteiger partial charge in [-0.05, 0) is 31.2 Å². The van der Waals surface area contributed by atoms with Crippen molar-refractivity contribution < 1.29 is 9.63 Å². The lowest BCUT2D eigenvalue weighted by Crippen LogP contribution is -2.45. The molecule has 0 unspecified atom stereocenters. The summed E-state index contributed by atoms with van der Waals surface area (Å²) in [4.78, 5) is 41.8. The van der Waals surface area contributed by atoms with Crippen molar-refractivity contribution in [1.29, 1.82) is 0 Å². The molecule has 0 radical (unpaired) electrons. The highest BCUT2D eigenvalue weighted by atomic mass is 35.5. The second-order valence-electron chi connectivity index (χ2n) is 5.00. The van der Waals surface area contributed by atoms with Crippen molar-refractivity contribution in [3.8, 4) is 5.75 Å². The maximum atomic E-state index is 12.4. The van der Waals surface area contributed by atoms with Crippen LogP contribution in [0, 0.1) is 6.92 Å². The number of carbonyl (C=O) groups is 1. The van der Waals surface area contributed by atoms with Crippen LogP contribution >= 0.6 is 11.6 Å². The van der Waals surface area contributed by atoms with Crippen molar-refractivity contribution in [2.45, 2.75) is 13.8 Å². The van der Waals surface area contributed by atoms with Gasteiger partial charge in [0.1, 0.15) is 0 Å². The highest BCUT2D eigenvalue weighted by molar-refractivity contribution is 6.30. The second kappa shape index (κ2) is 6.29. The van der Waals surface area contributed by atoms with Crippen molar-refractivity contribution >= 4 is 23.2 Å². The number of anilines is 1. The van der Waals surface area contributed by atoms with E-state index in [4.69, 9.17) is 16.4 Å². The molecule has 0 spiro atoms. The summed E-state index contributed by atoms with van der Waals surface area (Å²) in [5.41, 5.74) is -0.791. The van der Waals surface area contributed by atoms with Gasteiger partial charge in [0.05, 0.1) is 5.69 Å². The summed E-state index contributed by atoms with van der Waals surface area (Å²) in [5, 5.41) is 1.39. The van der Waals surface area contributed by atoms with Crippen LogP contribution in [0.25, 0.3) is 0 Å². The molecule has 1 heterocycles. The predicted octanol–water partition coefficient (Wildman–Crippen LogP) is 1.39. The van der Waals surface area contributed by atoms with E-state index in [2.05, 4.69) is 0 Å². The Hall–Kier alpha value is -2.54. The van der Waals surface area contributed by atoms with Crippen LogP contribution in [0.5, 0.6) is 5.75 Å². The van der Waals surface area contributed by atoms with Crippen LogP contribution in [0.2, 0.25) is 5.02 Å². The summed E-state index contributed by atoms with van der Waals surface area (Å²) >= 11 is 5.81. The zero-order chi connectivity index (χ0) is 17.3. The van der Waals surface area contributed by atoms with E-state index in [1.165, 1.54) is 25.6 Å². The van der Waals surface area contributed by atoms with Gasteiger partial charge in [-0.15, -0.1) is 5.06 Å². The van der Waals surface area contributed by atoms with E-state index in [0.717, 1.165) is 9.63 Å². The molecule has 1 aromatic heterocycles. The van der Waals surface area contributed by atoms with Gasteiger partial charge in [-0.2, -0.15) is 0 Å². The molecule has 1 aromatic carbocycles. The molecule has 0 saturated heterocycles. The molecule has 2 aromatic rings. The molecule has 7 nitrogen and oxygen atoms in total. The number of carbonyl (C=O) groups excluding carboxylic acids is 1.